The van der Waals surface area contributed by atoms with Crippen molar-refractivity contribution in [2.45, 2.75) is 83.7 Å². The highest BCUT2D eigenvalue weighted by atomic mass is 16.4. The van der Waals surface area contributed by atoms with Crippen molar-refractivity contribution >= 4 is 5.97 Å². The summed E-state index contributed by atoms with van der Waals surface area (Å²) in [5.41, 5.74) is -1.50. The van der Waals surface area contributed by atoms with Gasteiger partial charge in [-0.2, -0.15) is 0 Å². The average molecular weight is 244 g/mol. The molecule has 0 amide bonds. The molecule has 0 heterocycles. The Balaban J connectivity index is 3.47. The number of hydrogen-bond donors (Lipinski definition) is 2. The van der Waals surface area contributed by atoms with Gasteiger partial charge >= 0.3 is 5.97 Å². The number of unbranched alkanes of at least 4 members (excludes halogenated alkanes) is 7. The zero-order valence-electron chi connectivity index (χ0n) is 11.4. The third-order valence-corrected chi connectivity index (χ3v) is 3.43. The predicted octanol–water partition coefficient (Wildman–Crippen LogP) is 3.74. The highest BCUT2D eigenvalue weighted by Gasteiger charge is 2.32. The van der Waals surface area contributed by atoms with Gasteiger partial charge in [-0.1, -0.05) is 58.8 Å². The first kappa shape index (κ1) is 16.4. The molecule has 0 radical (unpaired) electrons. The van der Waals surface area contributed by atoms with Gasteiger partial charge in [0.25, 0.3) is 0 Å². The summed E-state index contributed by atoms with van der Waals surface area (Å²) in [7, 11) is 0. The number of aliphatic hydroxyl groups is 1. The molecule has 3 heteroatoms. The topological polar surface area (TPSA) is 57.5 Å². The maximum atomic E-state index is 10.8. The molecule has 0 aliphatic rings. The van der Waals surface area contributed by atoms with Gasteiger partial charge in [0.2, 0.25) is 0 Å². The molecule has 1 unspecified atom stereocenters. The first-order valence-electron chi connectivity index (χ1n) is 7.02. The fraction of sp³-hybridized carbons (Fsp3) is 0.929. The lowest BCUT2D eigenvalue weighted by Crippen LogP contribution is -2.37. The molecule has 0 saturated heterocycles. The zero-order valence-corrected chi connectivity index (χ0v) is 11.4. The van der Waals surface area contributed by atoms with E-state index >= 15 is 0 Å². The second-order valence-corrected chi connectivity index (χ2v) is 4.92. The smallest absolute Gasteiger partial charge is 0.335 e. The Morgan fingerprint density at radius 2 is 1.41 bits per heavy atom. The molecule has 0 spiro atoms. The zero-order chi connectivity index (χ0) is 13.1. The van der Waals surface area contributed by atoms with Gasteiger partial charge in [0.15, 0.2) is 5.60 Å². The lowest BCUT2D eigenvalue weighted by molar-refractivity contribution is -0.159. The largest absolute Gasteiger partial charge is 0.479 e. The summed E-state index contributed by atoms with van der Waals surface area (Å²) in [5, 5.41) is 18.7. The van der Waals surface area contributed by atoms with Crippen molar-refractivity contribution in [2.75, 3.05) is 0 Å². The normalized spacial score (nSPS) is 14.5. The first-order chi connectivity index (χ1) is 8.06. The first-order valence-corrected chi connectivity index (χ1v) is 7.02. The molecule has 102 valence electrons. The number of rotatable bonds is 11. The van der Waals surface area contributed by atoms with Crippen LogP contribution >= 0.6 is 0 Å². The maximum Gasteiger partial charge on any atom is 0.335 e. The van der Waals surface area contributed by atoms with E-state index < -0.39 is 11.6 Å². The summed E-state index contributed by atoms with van der Waals surface area (Å²) in [6.45, 7) is 3.93. The van der Waals surface area contributed by atoms with E-state index in [2.05, 4.69) is 6.92 Å². The third-order valence-electron chi connectivity index (χ3n) is 3.43. The Kier molecular flexibility index (Phi) is 9.14. The van der Waals surface area contributed by atoms with Crippen molar-refractivity contribution < 1.29 is 15.0 Å². The monoisotopic (exact) mass is 244 g/mol. The molecule has 0 rings (SSSR count). The number of hydrogen-bond acceptors (Lipinski definition) is 2. The van der Waals surface area contributed by atoms with Gasteiger partial charge in [-0.3, -0.25) is 0 Å². The van der Waals surface area contributed by atoms with Crippen LogP contribution in [0.25, 0.3) is 0 Å². The van der Waals surface area contributed by atoms with Crippen LogP contribution in [0.3, 0.4) is 0 Å². The van der Waals surface area contributed by atoms with Crippen molar-refractivity contribution in [3.8, 4) is 0 Å². The number of aliphatic carboxylic acids is 1. The SMILES string of the molecule is CCCCCCCCCCC(O)(CC)C(=O)O. The van der Waals surface area contributed by atoms with E-state index in [-0.39, 0.29) is 0 Å². The highest BCUT2D eigenvalue weighted by Crippen LogP contribution is 2.20. The minimum atomic E-state index is -1.50. The lowest BCUT2D eigenvalue weighted by atomic mass is 9.93. The number of carboxylic acids is 1. The van der Waals surface area contributed by atoms with Gasteiger partial charge in [-0.05, 0) is 19.3 Å². The van der Waals surface area contributed by atoms with Crippen LogP contribution in [0, 0.1) is 0 Å². The van der Waals surface area contributed by atoms with Gasteiger partial charge in [-0.25, -0.2) is 4.79 Å². The molecule has 0 aromatic rings. The average Bonchev–Trinajstić information content (AvgIpc) is 2.32. The molecule has 17 heavy (non-hydrogen) atoms. The quantitative estimate of drug-likeness (QED) is 0.544. The van der Waals surface area contributed by atoms with Crippen LogP contribution in [0.2, 0.25) is 0 Å². The van der Waals surface area contributed by atoms with Crippen LogP contribution in [0.1, 0.15) is 78.1 Å². The van der Waals surface area contributed by atoms with Crippen LogP contribution < -0.4 is 0 Å². The Labute approximate surface area is 105 Å². The summed E-state index contributed by atoms with van der Waals surface area (Å²) in [4.78, 5) is 10.8. The highest BCUT2D eigenvalue weighted by molar-refractivity contribution is 5.76. The molecular formula is C14H28O3. The molecule has 0 aromatic carbocycles. The van der Waals surface area contributed by atoms with E-state index in [1.54, 1.807) is 6.92 Å². The minimum Gasteiger partial charge on any atom is -0.479 e. The summed E-state index contributed by atoms with van der Waals surface area (Å²) < 4.78 is 0. The van der Waals surface area contributed by atoms with Gasteiger partial charge < -0.3 is 10.2 Å². The molecule has 3 nitrogen and oxygen atoms in total. The van der Waals surface area contributed by atoms with Crippen LogP contribution in [0.15, 0.2) is 0 Å². The Bertz CT molecular complexity index is 204. The Morgan fingerprint density at radius 1 is 0.941 bits per heavy atom. The Hall–Kier alpha value is -0.570. The second-order valence-electron chi connectivity index (χ2n) is 4.92. The lowest BCUT2D eigenvalue weighted by Gasteiger charge is -2.21. The van der Waals surface area contributed by atoms with Crippen LogP contribution in [-0.2, 0) is 4.79 Å². The number of carbonyl (C=O) groups is 1. The fourth-order valence-electron chi connectivity index (χ4n) is 1.99. The van der Waals surface area contributed by atoms with Crippen molar-refractivity contribution in [1.82, 2.24) is 0 Å². The van der Waals surface area contributed by atoms with E-state index in [9.17, 15) is 9.90 Å². The summed E-state index contributed by atoms with van der Waals surface area (Å²) in [6, 6.07) is 0. The summed E-state index contributed by atoms with van der Waals surface area (Å²) in [6.07, 6.45) is 10.1. The van der Waals surface area contributed by atoms with Crippen LogP contribution in [0.4, 0.5) is 0 Å². The molecule has 0 saturated carbocycles. The molecule has 2 N–H and O–H groups in total. The Morgan fingerprint density at radius 3 is 1.82 bits per heavy atom. The standard InChI is InChI=1S/C14H28O3/c1-3-5-6-7-8-9-10-11-12-14(17,4-2)13(15)16/h17H,3-12H2,1-2H3,(H,15,16). The van der Waals surface area contributed by atoms with E-state index in [1.807, 2.05) is 0 Å². The van der Waals surface area contributed by atoms with E-state index in [4.69, 9.17) is 5.11 Å². The fourth-order valence-corrected chi connectivity index (χ4v) is 1.99. The minimum absolute atomic E-state index is 0.291. The third kappa shape index (κ3) is 7.37. The number of carboxylic acid groups (broad SMARTS) is 1. The van der Waals surface area contributed by atoms with E-state index in [0.29, 0.717) is 12.8 Å². The summed E-state index contributed by atoms with van der Waals surface area (Å²) in [5.74, 6) is -1.08. The van der Waals surface area contributed by atoms with Gasteiger partial charge in [0.1, 0.15) is 0 Å². The van der Waals surface area contributed by atoms with E-state index in [0.717, 1.165) is 19.3 Å². The van der Waals surface area contributed by atoms with Crippen molar-refractivity contribution in [3.63, 3.8) is 0 Å². The molecule has 0 aromatic heterocycles. The molecule has 0 aliphatic heterocycles. The van der Waals surface area contributed by atoms with E-state index in [1.165, 1.54) is 32.1 Å². The maximum absolute atomic E-state index is 10.8. The predicted molar refractivity (Wildman–Crippen MR) is 70.1 cm³/mol. The molecular weight excluding hydrogens is 216 g/mol. The molecule has 0 fully saturated rings. The second kappa shape index (κ2) is 9.46. The van der Waals surface area contributed by atoms with Crippen molar-refractivity contribution in [2.24, 2.45) is 0 Å². The van der Waals surface area contributed by atoms with Crippen molar-refractivity contribution in [1.29, 1.82) is 0 Å². The summed E-state index contributed by atoms with van der Waals surface area (Å²) >= 11 is 0. The molecule has 1 atom stereocenters. The van der Waals surface area contributed by atoms with Crippen LogP contribution in [-0.4, -0.2) is 21.8 Å². The van der Waals surface area contributed by atoms with Gasteiger partial charge in [-0.15, -0.1) is 0 Å². The van der Waals surface area contributed by atoms with Gasteiger partial charge in [0, 0.05) is 0 Å². The van der Waals surface area contributed by atoms with Crippen molar-refractivity contribution in [3.05, 3.63) is 0 Å². The van der Waals surface area contributed by atoms with Gasteiger partial charge in [0.05, 0.1) is 0 Å². The molecule has 0 bridgehead atoms. The van der Waals surface area contributed by atoms with Crippen LogP contribution in [0.5, 0.6) is 0 Å². The molecule has 0 aliphatic carbocycles.